The van der Waals surface area contributed by atoms with E-state index in [1.807, 2.05) is 6.92 Å². The maximum absolute atomic E-state index is 13.4. The molecule has 22 heavy (non-hydrogen) atoms. The lowest BCUT2D eigenvalue weighted by Gasteiger charge is -2.28. The normalized spacial score (nSPS) is 13.8. The van der Waals surface area contributed by atoms with E-state index in [0.29, 0.717) is 0 Å². The highest BCUT2D eigenvalue weighted by atomic mass is 33.1. The van der Waals surface area contributed by atoms with E-state index in [1.54, 1.807) is 0 Å². The van der Waals surface area contributed by atoms with Crippen LogP contribution in [-0.4, -0.2) is 17.2 Å². The molecule has 0 N–H and O–H groups in total. The van der Waals surface area contributed by atoms with Gasteiger partial charge in [-0.1, -0.05) is 93.7 Å². The maximum Gasteiger partial charge on any atom is 0.401 e. The van der Waals surface area contributed by atoms with Crippen LogP contribution in [0.5, 0.6) is 0 Å². The minimum atomic E-state index is -4.08. The van der Waals surface area contributed by atoms with Crippen molar-refractivity contribution in [1.82, 2.24) is 0 Å². The van der Waals surface area contributed by atoms with Crippen LogP contribution in [0.1, 0.15) is 85.0 Å². The van der Waals surface area contributed by atoms with Gasteiger partial charge in [-0.15, -0.1) is 0 Å². The fourth-order valence-corrected chi connectivity index (χ4v) is 5.12. The molecule has 0 radical (unpaired) electrons. The largest absolute Gasteiger partial charge is 0.401 e. The predicted molar refractivity (Wildman–Crippen MR) is 96.6 cm³/mol. The molecule has 5 heteroatoms. The minimum Gasteiger partial charge on any atom is -0.170 e. The Bertz CT molecular complexity index is 233. The third kappa shape index (κ3) is 11.1. The molecule has 0 aliphatic heterocycles. The Kier molecular flexibility index (Phi) is 14.2. The smallest absolute Gasteiger partial charge is 0.170 e. The third-order valence-corrected chi connectivity index (χ3v) is 6.87. The molecule has 0 amide bonds. The van der Waals surface area contributed by atoms with Gasteiger partial charge in [-0.25, -0.2) is 0 Å². The lowest BCUT2D eigenvalue weighted by Crippen LogP contribution is -2.33. The summed E-state index contributed by atoms with van der Waals surface area (Å²) in [4.78, 5) is 0. The predicted octanol–water partition coefficient (Wildman–Crippen LogP) is 7.88. The molecule has 0 aromatic rings. The Labute approximate surface area is 143 Å². The quantitative estimate of drug-likeness (QED) is 0.229. The van der Waals surface area contributed by atoms with Gasteiger partial charge in [0.1, 0.15) is 5.25 Å². The highest BCUT2D eigenvalue weighted by Crippen LogP contribution is 2.44. The first-order valence-corrected chi connectivity index (χ1v) is 11.2. The van der Waals surface area contributed by atoms with Gasteiger partial charge < -0.3 is 0 Å². The third-order valence-electron chi connectivity index (χ3n) is 3.90. The Balaban J connectivity index is 4.57. The zero-order chi connectivity index (χ0) is 16.8. The van der Waals surface area contributed by atoms with Crippen LogP contribution >= 0.6 is 21.6 Å². The molecule has 0 aromatic carbocycles. The van der Waals surface area contributed by atoms with Crippen LogP contribution < -0.4 is 0 Å². The van der Waals surface area contributed by atoms with Crippen molar-refractivity contribution in [2.75, 3.05) is 5.75 Å². The Hall–Kier alpha value is 0.490. The van der Waals surface area contributed by atoms with E-state index in [1.165, 1.54) is 10.8 Å². The summed E-state index contributed by atoms with van der Waals surface area (Å²) in [6.45, 7) is 6.19. The van der Waals surface area contributed by atoms with Crippen LogP contribution in [0.25, 0.3) is 0 Å². The van der Waals surface area contributed by atoms with Crippen LogP contribution in [0.15, 0.2) is 0 Å². The van der Waals surface area contributed by atoms with Gasteiger partial charge in [-0.3, -0.25) is 0 Å². The van der Waals surface area contributed by atoms with Crippen LogP contribution in [0.2, 0.25) is 0 Å². The van der Waals surface area contributed by atoms with Gasteiger partial charge in [0, 0.05) is 5.75 Å². The second-order valence-electron chi connectivity index (χ2n) is 5.92. The van der Waals surface area contributed by atoms with Crippen molar-refractivity contribution in [2.45, 2.75) is 96.4 Å². The van der Waals surface area contributed by atoms with Gasteiger partial charge in [0.05, 0.1) is 0 Å². The van der Waals surface area contributed by atoms with Gasteiger partial charge in [0.2, 0.25) is 0 Å². The van der Waals surface area contributed by atoms with Crippen molar-refractivity contribution < 1.29 is 13.2 Å². The van der Waals surface area contributed by atoms with Gasteiger partial charge in [0.15, 0.2) is 0 Å². The van der Waals surface area contributed by atoms with Crippen LogP contribution in [-0.2, 0) is 0 Å². The summed E-state index contributed by atoms with van der Waals surface area (Å²) in [6, 6.07) is 0. The van der Waals surface area contributed by atoms with Crippen molar-refractivity contribution >= 4 is 21.6 Å². The Morgan fingerprint density at radius 3 is 1.64 bits per heavy atom. The number of unbranched alkanes of at least 4 members (excludes halogenated alkanes) is 6. The van der Waals surface area contributed by atoms with E-state index in [0.717, 1.165) is 80.8 Å². The summed E-state index contributed by atoms with van der Waals surface area (Å²) in [5.74, 6) is 0.521. The van der Waals surface area contributed by atoms with E-state index >= 15 is 0 Å². The van der Waals surface area contributed by atoms with Gasteiger partial charge in [-0.2, -0.15) is 13.2 Å². The second-order valence-corrected chi connectivity index (χ2v) is 8.72. The lowest BCUT2D eigenvalue weighted by atomic mass is 9.91. The molecule has 0 bridgehead atoms. The van der Waals surface area contributed by atoms with E-state index in [9.17, 15) is 13.2 Å². The zero-order valence-corrected chi connectivity index (χ0v) is 16.0. The molecule has 0 spiro atoms. The molecule has 0 saturated carbocycles. The van der Waals surface area contributed by atoms with E-state index in [2.05, 4.69) is 13.8 Å². The number of alkyl halides is 3. The SMILES string of the molecule is CCCCCCC(CCCCCC)[C@H](SSCC)C(F)(F)F. The van der Waals surface area contributed by atoms with E-state index in [-0.39, 0.29) is 5.92 Å². The molecular weight excluding hydrogens is 325 g/mol. The van der Waals surface area contributed by atoms with E-state index < -0.39 is 11.4 Å². The second kappa shape index (κ2) is 13.9. The summed E-state index contributed by atoms with van der Waals surface area (Å²) in [7, 11) is 2.41. The summed E-state index contributed by atoms with van der Waals surface area (Å²) >= 11 is 0. The fraction of sp³-hybridized carbons (Fsp3) is 1.00. The first-order valence-electron chi connectivity index (χ1n) is 8.82. The minimum absolute atomic E-state index is 0.210. The van der Waals surface area contributed by atoms with Crippen molar-refractivity contribution in [3.63, 3.8) is 0 Å². The van der Waals surface area contributed by atoms with Crippen LogP contribution in [0.4, 0.5) is 13.2 Å². The van der Waals surface area contributed by atoms with E-state index in [4.69, 9.17) is 0 Å². The molecule has 0 unspecified atom stereocenters. The molecule has 0 fully saturated rings. The first kappa shape index (κ1) is 22.5. The molecule has 0 rings (SSSR count). The van der Waals surface area contributed by atoms with Gasteiger partial charge in [0.25, 0.3) is 0 Å². The maximum atomic E-state index is 13.4. The summed E-state index contributed by atoms with van der Waals surface area (Å²) in [6.07, 6.45) is 5.93. The van der Waals surface area contributed by atoms with Crippen LogP contribution in [0, 0.1) is 5.92 Å². The molecule has 134 valence electrons. The Morgan fingerprint density at radius 2 is 1.27 bits per heavy atom. The van der Waals surface area contributed by atoms with Gasteiger partial charge in [-0.05, 0) is 18.8 Å². The molecule has 0 aliphatic carbocycles. The highest BCUT2D eigenvalue weighted by Gasteiger charge is 2.44. The molecular formula is C17H33F3S2. The number of hydrogen-bond donors (Lipinski definition) is 0. The average molecular weight is 359 g/mol. The number of rotatable bonds is 14. The molecule has 0 nitrogen and oxygen atoms in total. The van der Waals surface area contributed by atoms with Crippen molar-refractivity contribution in [1.29, 1.82) is 0 Å². The van der Waals surface area contributed by atoms with Crippen molar-refractivity contribution in [2.24, 2.45) is 5.92 Å². The van der Waals surface area contributed by atoms with Crippen LogP contribution in [0.3, 0.4) is 0 Å². The van der Waals surface area contributed by atoms with Crippen molar-refractivity contribution in [3.05, 3.63) is 0 Å². The zero-order valence-electron chi connectivity index (χ0n) is 14.4. The summed E-state index contributed by atoms with van der Waals surface area (Å²) < 4.78 is 40.2. The fourth-order valence-electron chi connectivity index (χ4n) is 2.66. The van der Waals surface area contributed by atoms with Gasteiger partial charge >= 0.3 is 6.18 Å². The number of halogens is 3. The standard InChI is InChI=1S/C17H33F3S2/c1-4-7-9-11-13-15(14-12-10-8-5-2)16(17(18,19)20)22-21-6-3/h15-16H,4-14H2,1-3H3/t16-/m0/s1. The first-order chi connectivity index (χ1) is 10.5. The molecule has 0 heterocycles. The average Bonchev–Trinajstić information content (AvgIpc) is 2.46. The highest BCUT2D eigenvalue weighted by molar-refractivity contribution is 8.76. The number of hydrogen-bond acceptors (Lipinski definition) is 2. The molecule has 0 aromatic heterocycles. The Morgan fingerprint density at radius 1 is 0.773 bits per heavy atom. The lowest BCUT2D eigenvalue weighted by molar-refractivity contribution is -0.138. The molecule has 0 aliphatic rings. The topological polar surface area (TPSA) is 0 Å². The monoisotopic (exact) mass is 358 g/mol. The molecule has 1 atom stereocenters. The van der Waals surface area contributed by atoms with Crippen molar-refractivity contribution in [3.8, 4) is 0 Å². The summed E-state index contributed by atoms with van der Waals surface area (Å²) in [5, 5.41) is -1.19. The molecule has 0 saturated heterocycles. The summed E-state index contributed by atoms with van der Waals surface area (Å²) in [5.41, 5.74) is 0.